The zero-order valence-corrected chi connectivity index (χ0v) is 13.0. The Morgan fingerprint density at radius 1 is 1.30 bits per heavy atom. The summed E-state index contributed by atoms with van der Waals surface area (Å²) in [6.45, 7) is 2.71. The highest BCUT2D eigenvalue weighted by Gasteiger charge is 2.52. The zero-order chi connectivity index (χ0) is 14.8. The van der Waals surface area contributed by atoms with Gasteiger partial charge in [-0.1, -0.05) is 28.1 Å². The Morgan fingerprint density at radius 2 is 1.90 bits per heavy atom. The van der Waals surface area contributed by atoms with E-state index < -0.39 is 11.4 Å². The van der Waals surface area contributed by atoms with Crippen molar-refractivity contribution in [2.75, 3.05) is 13.1 Å². The van der Waals surface area contributed by atoms with Crippen molar-refractivity contribution in [1.29, 1.82) is 0 Å². The third kappa shape index (κ3) is 3.03. The number of amides is 1. The van der Waals surface area contributed by atoms with Crippen molar-refractivity contribution in [3.05, 3.63) is 34.3 Å². The average molecular weight is 340 g/mol. The molecule has 5 heteroatoms. The lowest BCUT2D eigenvalue weighted by molar-refractivity contribution is -0.139. The molecule has 0 bridgehead atoms. The van der Waals surface area contributed by atoms with Crippen LogP contribution >= 0.6 is 15.9 Å². The van der Waals surface area contributed by atoms with Crippen molar-refractivity contribution >= 4 is 27.8 Å². The van der Waals surface area contributed by atoms with Gasteiger partial charge in [0.2, 0.25) is 5.91 Å². The minimum absolute atomic E-state index is 0.00397. The van der Waals surface area contributed by atoms with Crippen molar-refractivity contribution < 1.29 is 14.7 Å². The number of aliphatic carboxylic acids is 1. The molecule has 0 unspecified atom stereocenters. The van der Waals surface area contributed by atoms with E-state index in [1.807, 2.05) is 31.2 Å². The first kappa shape index (κ1) is 15.0. The SMILES string of the molecule is CCN(CCC(=O)O)C(=O)C1(c2ccc(Br)cc2)CC1. The number of rotatable bonds is 6. The number of halogens is 1. The van der Waals surface area contributed by atoms with E-state index in [4.69, 9.17) is 5.11 Å². The molecule has 108 valence electrons. The van der Waals surface area contributed by atoms with Crippen LogP contribution in [0.2, 0.25) is 0 Å². The van der Waals surface area contributed by atoms with Crippen molar-refractivity contribution in [2.45, 2.75) is 31.6 Å². The van der Waals surface area contributed by atoms with E-state index in [2.05, 4.69) is 15.9 Å². The number of carboxylic acid groups (broad SMARTS) is 1. The third-order valence-electron chi connectivity index (χ3n) is 3.82. The number of hydrogen-bond donors (Lipinski definition) is 1. The van der Waals surface area contributed by atoms with Crippen LogP contribution in [0.5, 0.6) is 0 Å². The van der Waals surface area contributed by atoms with Gasteiger partial charge in [0.25, 0.3) is 0 Å². The average Bonchev–Trinajstić information content (AvgIpc) is 3.21. The monoisotopic (exact) mass is 339 g/mol. The van der Waals surface area contributed by atoms with Crippen LogP contribution in [0.15, 0.2) is 28.7 Å². The van der Waals surface area contributed by atoms with E-state index in [1.54, 1.807) is 4.90 Å². The van der Waals surface area contributed by atoms with Crippen LogP contribution in [0.1, 0.15) is 31.7 Å². The molecule has 1 aromatic carbocycles. The maximum atomic E-state index is 12.7. The highest BCUT2D eigenvalue weighted by Crippen LogP contribution is 2.49. The second-order valence-electron chi connectivity index (χ2n) is 5.12. The fourth-order valence-electron chi connectivity index (χ4n) is 2.46. The minimum Gasteiger partial charge on any atom is -0.481 e. The highest BCUT2D eigenvalue weighted by molar-refractivity contribution is 9.10. The molecule has 0 spiro atoms. The molecule has 0 heterocycles. The second kappa shape index (κ2) is 5.95. The molecule has 1 saturated carbocycles. The van der Waals surface area contributed by atoms with Crippen molar-refractivity contribution in [3.63, 3.8) is 0 Å². The Labute approximate surface area is 126 Å². The summed E-state index contributed by atoms with van der Waals surface area (Å²) in [6, 6.07) is 7.83. The lowest BCUT2D eigenvalue weighted by atomic mass is 9.94. The van der Waals surface area contributed by atoms with E-state index in [9.17, 15) is 9.59 Å². The fraction of sp³-hybridized carbons (Fsp3) is 0.467. The molecule has 1 aliphatic rings. The summed E-state index contributed by atoms with van der Waals surface area (Å²) in [6.07, 6.45) is 1.68. The number of likely N-dealkylation sites (N-methyl/N-ethyl adjacent to an activating group) is 1. The van der Waals surface area contributed by atoms with E-state index in [-0.39, 0.29) is 18.9 Å². The van der Waals surface area contributed by atoms with Crippen LogP contribution in [0.25, 0.3) is 0 Å². The zero-order valence-electron chi connectivity index (χ0n) is 11.4. The van der Waals surface area contributed by atoms with Gasteiger partial charge in [-0.05, 0) is 37.5 Å². The standard InChI is InChI=1S/C15H18BrNO3/c1-2-17(10-7-13(18)19)14(20)15(8-9-15)11-3-5-12(16)6-4-11/h3-6H,2,7-10H2,1H3,(H,18,19). The number of carboxylic acids is 1. The normalized spacial score (nSPS) is 15.7. The molecule has 0 aliphatic heterocycles. The van der Waals surface area contributed by atoms with Crippen molar-refractivity contribution in [2.24, 2.45) is 0 Å². The number of carbonyl (C=O) groups is 2. The Morgan fingerprint density at radius 3 is 2.35 bits per heavy atom. The molecule has 20 heavy (non-hydrogen) atoms. The molecular weight excluding hydrogens is 322 g/mol. The van der Waals surface area contributed by atoms with Crippen LogP contribution in [-0.2, 0) is 15.0 Å². The van der Waals surface area contributed by atoms with Gasteiger partial charge in [0.05, 0.1) is 11.8 Å². The van der Waals surface area contributed by atoms with Crippen LogP contribution in [0, 0.1) is 0 Å². The largest absolute Gasteiger partial charge is 0.481 e. The van der Waals surface area contributed by atoms with Gasteiger partial charge in [-0.2, -0.15) is 0 Å². The van der Waals surface area contributed by atoms with Crippen molar-refractivity contribution in [1.82, 2.24) is 4.90 Å². The molecule has 0 atom stereocenters. The van der Waals surface area contributed by atoms with Gasteiger partial charge in [-0.3, -0.25) is 9.59 Å². The van der Waals surface area contributed by atoms with E-state index in [0.717, 1.165) is 22.9 Å². The number of hydrogen-bond acceptors (Lipinski definition) is 2. The van der Waals surface area contributed by atoms with Crippen LogP contribution in [0.3, 0.4) is 0 Å². The maximum Gasteiger partial charge on any atom is 0.305 e. The van der Waals surface area contributed by atoms with Gasteiger partial charge in [-0.25, -0.2) is 0 Å². The molecule has 4 nitrogen and oxygen atoms in total. The molecule has 2 rings (SSSR count). The summed E-state index contributed by atoms with van der Waals surface area (Å²) in [5.41, 5.74) is 0.606. The molecule has 0 aromatic heterocycles. The summed E-state index contributed by atoms with van der Waals surface area (Å²) < 4.78 is 0.989. The molecule has 1 N–H and O–H groups in total. The molecule has 0 saturated heterocycles. The molecule has 1 aliphatic carbocycles. The van der Waals surface area contributed by atoms with E-state index >= 15 is 0 Å². The smallest absolute Gasteiger partial charge is 0.305 e. The molecule has 1 fully saturated rings. The summed E-state index contributed by atoms with van der Waals surface area (Å²) in [5.74, 6) is -0.812. The topological polar surface area (TPSA) is 57.6 Å². The Bertz CT molecular complexity index is 508. The molecule has 1 amide bonds. The first-order valence-corrected chi connectivity index (χ1v) is 7.56. The fourth-order valence-corrected chi connectivity index (χ4v) is 2.72. The number of benzene rings is 1. The predicted molar refractivity (Wildman–Crippen MR) is 79.6 cm³/mol. The summed E-state index contributed by atoms with van der Waals surface area (Å²) in [5, 5.41) is 8.76. The lowest BCUT2D eigenvalue weighted by Crippen LogP contribution is -2.40. The molecule has 0 radical (unpaired) electrons. The Balaban J connectivity index is 2.14. The maximum absolute atomic E-state index is 12.7. The lowest BCUT2D eigenvalue weighted by Gasteiger charge is -2.26. The van der Waals surface area contributed by atoms with Crippen LogP contribution in [0.4, 0.5) is 0 Å². The van der Waals surface area contributed by atoms with Gasteiger partial charge in [-0.15, -0.1) is 0 Å². The third-order valence-corrected chi connectivity index (χ3v) is 4.35. The van der Waals surface area contributed by atoms with E-state index in [1.165, 1.54) is 0 Å². The van der Waals surface area contributed by atoms with Gasteiger partial charge in [0.15, 0.2) is 0 Å². The number of carbonyl (C=O) groups excluding carboxylic acids is 1. The van der Waals surface area contributed by atoms with Crippen LogP contribution < -0.4 is 0 Å². The summed E-state index contributed by atoms with van der Waals surface area (Å²) >= 11 is 3.39. The number of nitrogens with zero attached hydrogens (tertiary/aromatic N) is 1. The molecular formula is C15H18BrNO3. The first-order valence-electron chi connectivity index (χ1n) is 6.77. The second-order valence-corrected chi connectivity index (χ2v) is 6.03. The summed E-state index contributed by atoms with van der Waals surface area (Å²) in [4.78, 5) is 25.0. The van der Waals surface area contributed by atoms with Crippen LogP contribution in [-0.4, -0.2) is 35.0 Å². The van der Waals surface area contributed by atoms with Gasteiger partial charge >= 0.3 is 5.97 Å². The van der Waals surface area contributed by atoms with Gasteiger partial charge in [0.1, 0.15) is 0 Å². The predicted octanol–water partition coefficient (Wildman–Crippen LogP) is 2.80. The van der Waals surface area contributed by atoms with Crippen molar-refractivity contribution in [3.8, 4) is 0 Å². The summed E-state index contributed by atoms with van der Waals surface area (Å²) in [7, 11) is 0. The van der Waals surface area contributed by atoms with Gasteiger partial charge < -0.3 is 10.0 Å². The van der Waals surface area contributed by atoms with E-state index in [0.29, 0.717) is 6.54 Å². The van der Waals surface area contributed by atoms with Gasteiger partial charge in [0, 0.05) is 17.6 Å². The Hall–Kier alpha value is -1.36. The molecule has 1 aromatic rings. The quantitative estimate of drug-likeness (QED) is 0.866. The first-order chi connectivity index (χ1) is 9.49. The minimum atomic E-state index is -0.871. The Kier molecular flexibility index (Phi) is 4.48. The highest BCUT2D eigenvalue weighted by atomic mass is 79.9.